The Morgan fingerprint density at radius 1 is 1.33 bits per heavy atom. The van der Waals surface area contributed by atoms with E-state index >= 15 is 0 Å². The molecule has 0 aliphatic heterocycles. The van der Waals surface area contributed by atoms with Crippen LogP contribution in [-0.4, -0.2) is 25.3 Å². The van der Waals surface area contributed by atoms with Gasteiger partial charge in [-0.05, 0) is 18.2 Å². The van der Waals surface area contributed by atoms with Crippen molar-refractivity contribution >= 4 is 5.97 Å². The Bertz CT molecular complexity index is 432. The molecule has 0 atom stereocenters. The number of aliphatic carboxylic acids is 1. The minimum absolute atomic E-state index is 0.00573. The number of hydrogen-bond acceptors (Lipinski definition) is 3. The fourth-order valence-corrected chi connectivity index (χ4v) is 1.50. The second kappa shape index (κ2) is 5.66. The summed E-state index contributed by atoms with van der Waals surface area (Å²) < 4.78 is 37.5. The standard InChI is InChI=1S/C12H14F2O4/c1-17-8-3-4-10(18-2)9(7-8)12(13,14)6-5-11(15)16/h3-4,7H,5-6H2,1-2H3,(H,15,16). The zero-order valence-electron chi connectivity index (χ0n) is 10.1. The van der Waals surface area contributed by atoms with Crippen molar-refractivity contribution in [2.75, 3.05) is 14.2 Å². The summed E-state index contributed by atoms with van der Waals surface area (Å²) in [6.45, 7) is 0. The number of halogens is 2. The molecule has 4 nitrogen and oxygen atoms in total. The Morgan fingerprint density at radius 2 is 2.00 bits per heavy atom. The van der Waals surface area contributed by atoms with E-state index in [0.29, 0.717) is 0 Å². The molecule has 100 valence electrons. The van der Waals surface area contributed by atoms with Crippen molar-refractivity contribution in [2.45, 2.75) is 18.8 Å². The highest BCUT2D eigenvalue weighted by Crippen LogP contribution is 2.40. The number of hydrogen-bond donors (Lipinski definition) is 1. The van der Waals surface area contributed by atoms with Gasteiger partial charge in [0.1, 0.15) is 11.5 Å². The first-order valence-corrected chi connectivity index (χ1v) is 5.23. The van der Waals surface area contributed by atoms with E-state index < -0.39 is 24.7 Å². The largest absolute Gasteiger partial charge is 0.497 e. The first kappa shape index (κ1) is 14.2. The van der Waals surface area contributed by atoms with Crippen molar-refractivity contribution in [1.82, 2.24) is 0 Å². The maximum Gasteiger partial charge on any atom is 0.303 e. The molecule has 0 amide bonds. The molecule has 1 N–H and O–H groups in total. The fourth-order valence-electron chi connectivity index (χ4n) is 1.50. The van der Waals surface area contributed by atoms with Gasteiger partial charge >= 0.3 is 5.97 Å². The monoisotopic (exact) mass is 260 g/mol. The lowest BCUT2D eigenvalue weighted by Crippen LogP contribution is -2.16. The summed E-state index contributed by atoms with van der Waals surface area (Å²) in [5.41, 5.74) is -0.370. The Morgan fingerprint density at radius 3 is 2.50 bits per heavy atom. The third-order valence-electron chi connectivity index (χ3n) is 2.45. The molecule has 18 heavy (non-hydrogen) atoms. The van der Waals surface area contributed by atoms with Crippen molar-refractivity contribution in [3.05, 3.63) is 23.8 Å². The average molecular weight is 260 g/mol. The predicted octanol–water partition coefficient (Wildman–Crippen LogP) is 2.66. The van der Waals surface area contributed by atoms with E-state index in [2.05, 4.69) is 0 Å². The normalized spacial score (nSPS) is 11.1. The molecule has 0 aliphatic carbocycles. The lowest BCUT2D eigenvalue weighted by Gasteiger charge is -2.19. The Hall–Kier alpha value is -1.85. The van der Waals surface area contributed by atoms with Crippen molar-refractivity contribution < 1.29 is 28.2 Å². The molecule has 0 fully saturated rings. The lowest BCUT2D eigenvalue weighted by atomic mass is 10.0. The van der Waals surface area contributed by atoms with Gasteiger partial charge in [-0.15, -0.1) is 0 Å². The van der Waals surface area contributed by atoms with Crippen LogP contribution in [0.5, 0.6) is 11.5 Å². The van der Waals surface area contributed by atoms with Crippen molar-refractivity contribution in [3.63, 3.8) is 0 Å². The van der Waals surface area contributed by atoms with Gasteiger partial charge in [0.2, 0.25) is 0 Å². The van der Waals surface area contributed by atoms with Gasteiger partial charge < -0.3 is 14.6 Å². The van der Waals surface area contributed by atoms with E-state index in [1.54, 1.807) is 0 Å². The van der Waals surface area contributed by atoms with Crippen LogP contribution in [0, 0.1) is 0 Å². The molecule has 0 bridgehead atoms. The minimum Gasteiger partial charge on any atom is -0.497 e. The molecule has 0 aliphatic rings. The average Bonchev–Trinajstić information content (AvgIpc) is 2.35. The van der Waals surface area contributed by atoms with Crippen LogP contribution in [0.25, 0.3) is 0 Å². The van der Waals surface area contributed by atoms with Crippen LogP contribution < -0.4 is 9.47 Å². The molecule has 0 heterocycles. The number of carboxylic acid groups (broad SMARTS) is 1. The second-order valence-corrected chi connectivity index (χ2v) is 3.66. The van der Waals surface area contributed by atoms with Crippen LogP contribution >= 0.6 is 0 Å². The zero-order valence-corrected chi connectivity index (χ0v) is 10.1. The number of rotatable bonds is 6. The van der Waals surface area contributed by atoms with Gasteiger partial charge in [-0.3, -0.25) is 4.79 Å². The number of carbonyl (C=O) groups is 1. The van der Waals surface area contributed by atoms with Gasteiger partial charge in [0, 0.05) is 6.42 Å². The van der Waals surface area contributed by atoms with Crippen molar-refractivity contribution in [2.24, 2.45) is 0 Å². The first-order valence-electron chi connectivity index (χ1n) is 5.23. The summed E-state index contributed by atoms with van der Waals surface area (Å²) in [6.07, 6.45) is -1.40. The highest BCUT2D eigenvalue weighted by Gasteiger charge is 2.35. The van der Waals surface area contributed by atoms with E-state index in [-0.39, 0.29) is 17.1 Å². The second-order valence-electron chi connectivity index (χ2n) is 3.66. The molecule has 0 radical (unpaired) electrons. The molecule has 0 spiro atoms. The van der Waals surface area contributed by atoms with Gasteiger partial charge in [0.25, 0.3) is 5.92 Å². The molecule has 1 aromatic carbocycles. The van der Waals surface area contributed by atoms with Crippen LogP contribution in [0.3, 0.4) is 0 Å². The summed E-state index contributed by atoms with van der Waals surface area (Å²) in [5.74, 6) is -4.28. The van der Waals surface area contributed by atoms with E-state index in [1.165, 1.54) is 26.4 Å². The van der Waals surface area contributed by atoms with Gasteiger partial charge in [0.15, 0.2) is 0 Å². The summed E-state index contributed by atoms with van der Waals surface area (Å²) in [4.78, 5) is 10.4. The number of ether oxygens (including phenoxy) is 2. The van der Waals surface area contributed by atoms with Crippen molar-refractivity contribution in [1.29, 1.82) is 0 Å². The van der Waals surface area contributed by atoms with E-state index in [0.717, 1.165) is 6.07 Å². The maximum absolute atomic E-state index is 13.9. The quantitative estimate of drug-likeness (QED) is 0.854. The molecule has 0 unspecified atom stereocenters. The lowest BCUT2D eigenvalue weighted by molar-refractivity contribution is -0.139. The zero-order chi connectivity index (χ0) is 13.8. The summed E-state index contributed by atoms with van der Waals surface area (Å²) in [7, 11) is 2.64. The Labute approximate surface area is 103 Å². The topological polar surface area (TPSA) is 55.8 Å². The van der Waals surface area contributed by atoms with Crippen molar-refractivity contribution in [3.8, 4) is 11.5 Å². The Kier molecular flexibility index (Phi) is 4.47. The summed E-state index contributed by atoms with van der Waals surface area (Å²) >= 11 is 0. The molecule has 0 saturated carbocycles. The minimum atomic E-state index is -3.28. The van der Waals surface area contributed by atoms with E-state index in [1.807, 2.05) is 0 Å². The molecule has 0 aromatic heterocycles. The number of carboxylic acids is 1. The maximum atomic E-state index is 13.9. The van der Waals surface area contributed by atoms with Gasteiger partial charge in [-0.1, -0.05) is 0 Å². The molecule has 6 heteroatoms. The molecular weight excluding hydrogens is 246 g/mol. The third-order valence-corrected chi connectivity index (χ3v) is 2.45. The van der Waals surface area contributed by atoms with E-state index in [4.69, 9.17) is 14.6 Å². The number of alkyl halides is 2. The van der Waals surface area contributed by atoms with Crippen LogP contribution in [-0.2, 0) is 10.7 Å². The SMILES string of the molecule is COc1ccc(OC)c(C(F)(F)CCC(=O)O)c1. The van der Waals surface area contributed by atoms with Gasteiger partial charge in [-0.25, -0.2) is 8.78 Å². The molecular formula is C12H14F2O4. The van der Waals surface area contributed by atoms with Crippen LogP contribution in [0.4, 0.5) is 8.78 Å². The summed E-state index contributed by atoms with van der Waals surface area (Å²) in [6, 6.07) is 4.01. The summed E-state index contributed by atoms with van der Waals surface area (Å²) in [5, 5.41) is 8.46. The highest BCUT2D eigenvalue weighted by atomic mass is 19.3. The third kappa shape index (κ3) is 3.32. The predicted molar refractivity (Wildman–Crippen MR) is 60.3 cm³/mol. The molecule has 0 saturated heterocycles. The number of benzene rings is 1. The smallest absolute Gasteiger partial charge is 0.303 e. The van der Waals surface area contributed by atoms with Gasteiger partial charge in [-0.2, -0.15) is 0 Å². The van der Waals surface area contributed by atoms with E-state index in [9.17, 15) is 13.6 Å². The fraction of sp³-hybridized carbons (Fsp3) is 0.417. The molecule has 1 rings (SSSR count). The van der Waals surface area contributed by atoms with Crippen LogP contribution in [0.1, 0.15) is 18.4 Å². The number of methoxy groups -OCH3 is 2. The Balaban J connectivity index is 3.07. The van der Waals surface area contributed by atoms with Crippen LogP contribution in [0.15, 0.2) is 18.2 Å². The van der Waals surface area contributed by atoms with Crippen LogP contribution in [0.2, 0.25) is 0 Å². The first-order chi connectivity index (χ1) is 8.40. The van der Waals surface area contributed by atoms with Gasteiger partial charge in [0.05, 0.1) is 26.2 Å². The molecule has 1 aromatic rings. The highest BCUT2D eigenvalue weighted by molar-refractivity contribution is 5.66.